The van der Waals surface area contributed by atoms with Crippen molar-refractivity contribution < 1.29 is 9.26 Å². The van der Waals surface area contributed by atoms with E-state index < -0.39 is 0 Å². The van der Waals surface area contributed by atoms with Crippen LogP contribution >= 0.6 is 24.0 Å². The van der Waals surface area contributed by atoms with Crippen LogP contribution in [0.3, 0.4) is 0 Å². The van der Waals surface area contributed by atoms with Crippen LogP contribution in [0.1, 0.15) is 19.2 Å². The summed E-state index contributed by atoms with van der Waals surface area (Å²) in [6, 6.07) is 7.26. The van der Waals surface area contributed by atoms with E-state index in [1.807, 2.05) is 19.1 Å². The molecule has 7 heteroatoms. The average Bonchev–Trinajstić information content (AvgIpc) is 2.85. The summed E-state index contributed by atoms with van der Waals surface area (Å²) in [7, 11) is 0. The quantitative estimate of drug-likeness (QED) is 0.673. The largest absolute Gasteiger partial charge is 0.481 e. The third-order valence-corrected chi connectivity index (χ3v) is 2.67. The molecule has 0 saturated carbocycles. The van der Waals surface area contributed by atoms with Gasteiger partial charge in [0.2, 0.25) is 11.7 Å². The summed E-state index contributed by atoms with van der Waals surface area (Å²) < 4.78 is 10.2. The van der Waals surface area contributed by atoms with Crippen molar-refractivity contribution in [2.24, 2.45) is 0 Å². The second-order valence-electron chi connectivity index (χ2n) is 3.88. The third kappa shape index (κ3) is 4.51. The number of aromatic nitrogens is 2. The van der Waals surface area contributed by atoms with E-state index in [9.17, 15) is 0 Å². The molecule has 0 radical (unpaired) electrons. The zero-order valence-electron chi connectivity index (χ0n) is 10.9. The molecule has 0 bridgehead atoms. The van der Waals surface area contributed by atoms with Crippen LogP contribution in [0.25, 0.3) is 11.4 Å². The number of hydrogen-bond donors (Lipinski definition) is 1. The highest BCUT2D eigenvalue weighted by atomic mass is 35.5. The fourth-order valence-electron chi connectivity index (χ4n) is 1.57. The molecule has 0 aliphatic heterocycles. The zero-order valence-corrected chi connectivity index (χ0v) is 12.5. The number of nitrogens with one attached hydrogen (secondary N) is 1. The first kappa shape index (κ1) is 16.5. The predicted molar refractivity (Wildman–Crippen MR) is 79.7 cm³/mol. The van der Waals surface area contributed by atoms with Crippen molar-refractivity contribution in [3.63, 3.8) is 0 Å². The Morgan fingerprint density at radius 3 is 2.95 bits per heavy atom. The number of halogens is 2. The minimum Gasteiger partial charge on any atom is -0.481 e. The van der Waals surface area contributed by atoms with Crippen LogP contribution < -0.4 is 0 Å². The highest BCUT2D eigenvalue weighted by Gasteiger charge is 2.10. The first-order valence-electron chi connectivity index (χ1n) is 5.97. The second-order valence-corrected chi connectivity index (χ2v) is 4.31. The van der Waals surface area contributed by atoms with Crippen molar-refractivity contribution in [3.8, 4) is 11.4 Å². The van der Waals surface area contributed by atoms with E-state index in [4.69, 9.17) is 26.3 Å². The van der Waals surface area contributed by atoms with E-state index in [2.05, 4.69) is 10.1 Å². The maximum atomic E-state index is 7.51. The van der Waals surface area contributed by atoms with Gasteiger partial charge in [0.15, 0.2) is 5.90 Å². The van der Waals surface area contributed by atoms with Crippen molar-refractivity contribution in [2.45, 2.75) is 19.8 Å². The maximum Gasteiger partial charge on any atom is 0.227 e. The predicted octanol–water partition coefficient (Wildman–Crippen LogP) is 3.76. The fraction of sp³-hybridized carbons (Fsp3) is 0.308. The Morgan fingerprint density at radius 2 is 2.25 bits per heavy atom. The lowest BCUT2D eigenvalue weighted by atomic mass is 10.2. The molecule has 1 N–H and O–H groups in total. The molecule has 0 unspecified atom stereocenters. The van der Waals surface area contributed by atoms with Crippen molar-refractivity contribution >= 4 is 29.9 Å². The van der Waals surface area contributed by atoms with Gasteiger partial charge < -0.3 is 9.26 Å². The average molecular weight is 316 g/mol. The van der Waals surface area contributed by atoms with E-state index in [0.717, 1.165) is 5.56 Å². The van der Waals surface area contributed by atoms with Gasteiger partial charge in [0.05, 0.1) is 6.61 Å². The fourth-order valence-corrected chi connectivity index (χ4v) is 1.76. The molecule has 0 saturated heterocycles. The normalized spacial score (nSPS) is 9.90. The van der Waals surface area contributed by atoms with Gasteiger partial charge in [0.1, 0.15) is 0 Å². The Bertz CT molecular complexity index is 572. The van der Waals surface area contributed by atoms with Gasteiger partial charge in [-0.05, 0) is 19.1 Å². The summed E-state index contributed by atoms with van der Waals surface area (Å²) in [4.78, 5) is 4.27. The van der Waals surface area contributed by atoms with Gasteiger partial charge in [-0.1, -0.05) is 28.9 Å². The van der Waals surface area contributed by atoms with E-state index in [1.165, 1.54) is 0 Å². The molecule has 1 aromatic heterocycles. The summed E-state index contributed by atoms with van der Waals surface area (Å²) >= 11 is 5.91. The molecule has 1 heterocycles. The van der Waals surface area contributed by atoms with Crippen LogP contribution in [-0.4, -0.2) is 22.6 Å². The second kappa shape index (κ2) is 7.87. The van der Waals surface area contributed by atoms with Crippen LogP contribution in [0.2, 0.25) is 5.02 Å². The Morgan fingerprint density at radius 1 is 1.45 bits per heavy atom. The van der Waals surface area contributed by atoms with Gasteiger partial charge in [-0.15, -0.1) is 12.4 Å². The summed E-state index contributed by atoms with van der Waals surface area (Å²) in [5.74, 6) is 1.21. The Hall–Kier alpha value is -1.59. The molecule has 1 aromatic carbocycles. The number of benzene rings is 1. The van der Waals surface area contributed by atoms with Crippen LogP contribution in [0, 0.1) is 5.41 Å². The van der Waals surface area contributed by atoms with Gasteiger partial charge in [0.25, 0.3) is 0 Å². The molecule has 108 valence electrons. The van der Waals surface area contributed by atoms with Crippen LogP contribution in [0.15, 0.2) is 28.8 Å². The maximum absolute atomic E-state index is 7.51. The van der Waals surface area contributed by atoms with Crippen LogP contribution in [0.4, 0.5) is 0 Å². The van der Waals surface area contributed by atoms with E-state index in [0.29, 0.717) is 36.2 Å². The molecule has 5 nitrogen and oxygen atoms in total. The highest BCUT2D eigenvalue weighted by molar-refractivity contribution is 6.30. The molecule has 0 amide bonds. The van der Waals surface area contributed by atoms with Crippen molar-refractivity contribution in [3.05, 3.63) is 35.2 Å². The van der Waals surface area contributed by atoms with Gasteiger partial charge in [-0.2, -0.15) is 4.98 Å². The zero-order chi connectivity index (χ0) is 13.7. The van der Waals surface area contributed by atoms with Crippen molar-refractivity contribution in [1.82, 2.24) is 10.1 Å². The number of aryl methyl sites for hydroxylation is 1. The Kier molecular flexibility index (Phi) is 6.48. The molecular weight excluding hydrogens is 301 g/mol. The van der Waals surface area contributed by atoms with Crippen LogP contribution in [0.5, 0.6) is 0 Å². The first-order chi connectivity index (χ1) is 9.19. The van der Waals surface area contributed by atoms with Crippen molar-refractivity contribution in [2.75, 3.05) is 6.61 Å². The standard InChI is InChI=1S/C13H14ClN3O2.ClH/c1-2-18-11(15)6-7-12-16-13(17-19-12)9-4-3-5-10(14)8-9;/h3-5,8,15H,2,6-7H2,1H3;1H. The lowest BCUT2D eigenvalue weighted by Gasteiger charge is -2.01. The molecule has 20 heavy (non-hydrogen) atoms. The molecular formula is C13H15Cl2N3O2. The summed E-state index contributed by atoms with van der Waals surface area (Å²) in [6.07, 6.45) is 0.942. The first-order valence-corrected chi connectivity index (χ1v) is 6.35. The SMILES string of the molecule is CCOC(=N)CCc1nc(-c2cccc(Cl)c2)no1.Cl. The lowest BCUT2D eigenvalue weighted by molar-refractivity contribution is 0.310. The minimum absolute atomic E-state index is 0. The van der Waals surface area contributed by atoms with E-state index in [-0.39, 0.29) is 18.3 Å². The lowest BCUT2D eigenvalue weighted by Crippen LogP contribution is -2.04. The highest BCUT2D eigenvalue weighted by Crippen LogP contribution is 2.20. The minimum atomic E-state index is 0. The monoisotopic (exact) mass is 315 g/mol. The van der Waals surface area contributed by atoms with E-state index in [1.54, 1.807) is 12.1 Å². The Labute approximate surface area is 128 Å². The molecule has 2 aromatic rings. The molecule has 0 aliphatic carbocycles. The Balaban J connectivity index is 0.00000200. The van der Waals surface area contributed by atoms with Crippen molar-refractivity contribution in [1.29, 1.82) is 5.41 Å². The van der Waals surface area contributed by atoms with Crippen LogP contribution in [-0.2, 0) is 11.2 Å². The molecule has 0 fully saturated rings. The summed E-state index contributed by atoms with van der Waals surface area (Å²) in [5.41, 5.74) is 0.808. The molecule has 2 rings (SSSR count). The molecule has 0 aliphatic rings. The number of hydrogen-bond acceptors (Lipinski definition) is 5. The molecule has 0 atom stereocenters. The number of nitrogens with zero attached hydrogens (tertiary/aromatic N) is 2. The van der Waals surface area contributed by atoms with E-state index >= 15 is 0 Å². The topological polar surface area (TPSA) is 72.0 Å². The molecule has 0 spiro atoms. The number of rotatable bonds is 5. The van der Waals surface area contributed by atoms with Gasteiger partial charge in [-0.25, -0.2) is 0 Å². The summed E-state index contributed by atoms with van der Waals surface area (Å²) in [5, 5.41) is 12.0. The third-order valence-electron chi connectivity index (χ3n) is 2.44. The van der Waals surface area contributed by atoms with Gasteiger partial charge in [-0.3, -0.25) is 5.41 Å². The van der Waals surface area contributed by atoms with Gasteiger partial charge >= 0.3 is 0 Å². The summed E-state index contributed by atoms with van der Waals surface area (Å²) in [6.45, 7) is 2.34. The van der Waals surface area contributed by atoms with Gasteiger partial charge in [0, 0.05) is 23.4 Å². The number of ether oxygens (including phenoxy) is 1. The smallest absolute Gasteiger partial charge is 0.227 e.